The summed E-state index contributed by atoms with van der Waals surface area (Å²) in [5.41, 5.74) is 4.54. The lowest BCUT2D eigenvalue weighted by atomic mass is 9.98. The van der Waals surface area contributed by atoms with Crippen LogP contribution in [0.5, 0.6) is 0 Å². The molecule has 0 saturated heterocycles. The van der Waals surface area contributed by atoms with Gasteiger partial charge in [0.25, 0.3) is 0 Å². The minimum atomic E-state index is -2.01. The van der Waals surface area contributed by atoms with Crippen LogP contribution in [0.2, 0.25) is 23.3 Å². The van der Waals surface area contributed by atoms with Gasteiger partial charge in [-0.1, -0.05) is 69.6 Å². The number of aromatic nitrogens is 4. The van der Waals surface area contributed by atoms with E-state index in [0.717, 1.165) is 23.1 Å². The number of aliphatic hydroxyl groups excluding tert-OH is 1. The van der Waals surface area contributed by atoms with E-state index in [1.165, 1.54) is 6.33 Å². The second-order valence-corrected chi connectivity index (χ2v) is 15.6. The summed E-state index contributed by atoms with van der Waals surface area (Å²) in [5, 5.41) is 11.0. The zero-order valence-electron chi connectivity index (χ0n) is 20.9. The average molecular weight is 499 g/mol. The fraction of sp³-hybridized carbons (Fsp3) is 0.500. The molecule has 34 heavy (non-hydrogen) atoms. The fourth-order valence-electron chi connectivity index (χ4n) is 4.84. The van der Waals surface area contributed by atoms with Gasteiger partial charge < -0.3 is 14.1 Å². The van der Waals surface area contributed by atoms with Gasteiger partial charge in [-0.2, -0.15) is 0 Å². The van der Waals surface area contributed by atoms with E-state index in [-0.39, 0.29) is 23.6 Å². The molecule has 0 spiro atoms. The second-order valence-electron chi connectivity index (χ2n) is 10.6. The van der Waals surface area contributed by atoms with Gasteiger partial charge in [0.1, 0.15) is 11.8 Å². The van der Waals surface area contributed by atoms with E-state index in [9.17, 15) is 5.11 Å². The highest BCUT2D eigenvalue weighted by molar-refractivity contribution is 6.74. The van der Waals surface area contributed by atoms with Crippen molar-refractivity contribution in [2.75, 3.05) is 13.2 Å². The van der Waals surface area contributed by atoms with E-state index in [0.29, 0.717) is 28.8 Å². The molecule has 2 aromatic heterocycles. The van der Waals surface area contributed by atoms with Gasteiger partial charge in [-0.05, 0) is 47.2 Å². The Bertz CT molecular complexity index is 1190. The zero-order valence-corrected chi connectivity index (χ0v) is 22.7. The Kier molecular flexibility index (Phi) is 7.02. The maximum atomic E-state index is 10.5. The molecule has 1 aliphatic rings. The molecule has 8 heteroatoms. The van der Waals surface area contributed by atoms with Crippen LogP contribution < -0.4 is 0 Å². The molecule has 0 unspecified atom stereocenters. The minimum Gasteiger partial charge on any atom is -0.416 e. The molecule has 0 fully saturated rings. The summed E-state index contributed by atoms with van der Waals surface area (Å²) in [6, 6.07) is 10.2. The van der Waals surface area contributed by atoms with Crippen molar-refractivity contribution in [3.05, 3.63) is 59.3 Å². The number of nitrogens with zero attached hydrogens (tertiary/aromatic N) is 4. The van der Waals surface area contributed by atoms with Crippen molar-refractivity contribution >= 4 is 36.7 Å². The average Bonchev–Trinajstić information content (AvgIpc) is 3.40. The Morgan fingerprint density at radius 3 is 2.53 bits per heavy atom. The van der Waals surface area contributed by atoms with Gasteiger partial charge in [0.2, 0.25) is 0 Å². The van der Waals surface area contributed by atoms with Crippen molar-refractivity contribution in [2.24, 2.45) is 11.8 Å². The summed E-state index contributed by atoms with van der Waals surface area (Å²) < 4.78 is 8.82. The molecule has 0 radical (unpaired) electrons. The van der Waals surface area contributed by atoms with E-state index in [2.05, 4.69) is 72.4 Å². The monoisotopic (exact) mass is 498 g/mol. The van der Waals surface area contributed by atoms with Gasteiger partial charge in [0.15, 0.2) is 19.1 Å². The molecule has 0 amide bonds. The Morgan fingerprint density at radius 1 is 1.18 bits per heavy atom. The van der Waals surface area contributed by atoms with E-state index in [1.54, 1.807) is 6.33 Å². The van der Waals surface area contributed by atoms with E-state index < -0.39 is 8.32 Å². The topological polar surface area (TPSA) is 73.1 Å². The lowest BCUT2D eigenvalue weighted by Crippen LogP contribution is -2.46. The predicted molar refractivity (Wildman–Crippen MR) is 140 cm³/mol. The molecular formula is C26H35ClN4O2Si. The van der Waals surface area contributed by atoms with Gasteiger partial charge in [-0.25, -0.2) is 15.0 Å². The van der Waals surface area contributed by atoms with E-state index in [4.69, 9.17) is 16.0 Å². The molecule has 2 heterocycles. The second kappa shape index (κ2) is 9.53. The maximum absolute atomic E-state index is 10.5. The van der Waals surface area contributed by atoms with Crippen LogP contribution in [0.3, 0.4) is 0 Å². The van der Waals surface area contributed by atoms with Crippen LogP contribution in [0, 0.1) is 11.8 Å². The highest BCUT2D eigenvalue weighted by atomic mass is 35.5. The smallest absolute Gasteiger partial charge is 0.192 e. The molecule has 6 nitrogen and oxygen atoms in total. The predicted octanol–water partition coefficient (Wildman–Crippen LogP) is 6.14. The summed E-state index contributed by atoms with van der Waals surface area (Å²) in [6.45, 7) is 14.4. The Balaban J connectivity index is 1.74. The van der Waals surface area contributed by atoms with Crippen LogP contribution in [-0.2, 0) is 4.43 Å². The number of rotatable bonds is 8. The molecular weight excluding hydrogens is 464 g/mol. The largest absolute Gasteiger partial charge is 0.416 e. The van der Waals surface area contributed by atoms with Crippen molar-refractivity contribution in [2.45, 2.75) is 58.3 Å². The van der Waals surface area contributed by atoms with Crippen LogP contribution in [0.15, 0.2) is 48.6 Å². The van der Waals surface area contributed by atoms with Gasteiger partial charge in [-0.15, -0.1) is 0 Å². The van der Waals surface area contributed by atoms with Crippen molar-refractivity contribution < 1.29 is 9.53 Å². The highest BCUT2D eigenvalue weighted by Crippen LogP contribution is 2.49. The third-order valence-electron chi connectivity index (χ3n) is 8.23. The van der Waals surface area contributed by atoms with Gasteiger partial charge in [0, 0.05) is 12.5 Å². The van der Waals surface area contributed by atoms with Crippen molar-refractivity contribution in [1.82, 2.24) is 19.5 Å². The van der Waals surface area contributed by atoms with Crippen molar-refractivity contribution in [3.63, 3.8) is 0 Å². The summed E-state index contributed by atoms with van der Waals surface area (Å²) in [6.07, 6.45) is 4.07. The zero-order chi connectivity index (χ0) is 24.7. The molecule has 182 valence electrons. The normalized spacial score (nSPS) is 19.6. The number of hydrogen-bond donors (Lipinski definition) is 1. The van der Waals surface area contributed by atoms with Gasteiger partial charge in [-0.3, -0.25) is 0 Å². The molecule has 1 aliphatic carbocycles. The third-order valence-corrected chi connectivity index (χ3v) is 13.1. The van der Waals surface area contributed by atoms with Gasteiger partial charge in [0.05, 0.1) is 19.0 Å². The van der Waals surface area contributed by atoms with Crippen LogP contribution >= 0.6 is 11.6 Å². The standard InChI is InChI=1S/C26H35ClN4O2Si/c1-17(2)26(3,4)34(5,6)33-14-19-12-21(22(20(19)13-32)18-10-8-7-9-11-18)31-16-30-23-24(27)28-15-29-25(23)31/h7-11,15-17,19,21,32H,12-14H2,1-6H3/t19-,21-/m0/s1. The van der Waals surface area contributed by atoms with E-state index in [1.807, 2.05) is 18.2 Å². The first-order valence-corrected chi connectivity index (χ1v) is 15.2. The Morgan fingerprint density at radius 2 is 1.88 bits per heavy atom. The summed E-state index contributed by atoms with van der Waals surface area (Å²) in [5.74, 6) is 0.634. The lowest BCUT2D eigenvalue weighted by Gasteiger charge is -2.43. The number of fused-ring (bicyclic) bond motifs is 1. The quantitative estimate of drug-likeness (QED) is 0.298. The Hall–Kier alpha value is -2.06. The minimum absolute atomic E-state index is 0.00726. The molecule has 3 aromatic rings. The molecule has 2 atom stereocenters. The summed E-state index contributed by atoms with van der Waals surface area (Å²) in [4.78, 5) is 13.1. The highest BCUT2D eigenvalue weighted by Gasteiger charge is 2.44. The molecule has 1 aromatic carbocycles. The van der Waals surface area contributed by atoms with Gasteiger partial charge >= 0.3 is 0 Å². The SMILES string of the molecule is CC(C)C(C)(C)[Si](C)(C)OC[C@@H]1C[C@H](n2cnc3c(Cl)ncnc32)C(c2ccccc2)=C1CO. The van der Waals surface area contributed by atoms with Crippen LogP contribution in [0.1, 0.15) is 45.7 Å². The third kappa shape index (κ3) is 4.35. The first-order chi connectivity index (χ1) is 16.1. The van der Waals surface area contributed by atoms with Crippen LogP contribution in [0.25, 0.3) is 16.7 Å². The van der Waals surface area contributed by atoms with Crippen molar-refractivity contribution in [1.29, 1.82) is 0 Å². The number of halogens is 1. The van der Waals surface area contributed by atoms with E-state index >= 15 is 0 Å². The fourth-order valence-corrected chi connectivity index (χ4v) is 7.39. The van der Waals surface area contributed by atoms with Crippen molar-refractivity contribution in [3.8, 4) is 0 Å². The number of benzene rings is 1. The summed E-state index contributed by atoms with van der Waals surface area (Å²) in [7, 11) is -2.01. The first-order valence-electron chi connectivity index (χ1n) is 11.9. The Labute approximate surface area is 208 Å². The van der Waals surface area contributed by atoms with Crippen LogP contribution in [0.4, 0.5) is 0 Å². The molecule has 1 N–H and O–H groups in total. The van der Waals surface area contributed by atoms with Crippen LogP contribution in [-0.4, -0.2) is 46.2 Å². The molecule has 0 aliphatic heterocycles. The molecule has 0 bridgehead atoms. The number of aliphatic hydroxyl groups is 1. The number of hydrogen-bond acceptors (Lipinski definition) is 5. The molecule has 4 rings (SSSR count). The lowest BCUT2D eigenvalue weighted by molar-refractivity contribution is 0.214. The first kappa shape index (κ1) is 25.0. The molecule has 0 saturated carbocycles. The number of imidazole rings is 1. The maximum Gasteiger partial charge on any atom is 0.192 e. The summed E-state index contributed by atoms with van der Waals surface area (Å²) >= 11 is 6.29. The number of allylic oxidation sites excluding steroid dienone is 1.